The maximum atomic E-state index is 13.5. The van der Waals surface area contributed by atoms with Crippen molar-refractivity contribution >= 4 is 23.2 Å². The molecule has 1 aliphatic heterocycles. The zero-order valence-electron chi connectivity index (χ0n) is 12.4. The Kier molecular flexibility index (Phi) is 3.97. The summed E-state index contributed by atoms with van der Waals surface area (Å²) in [4.78, 5) is 23.6. The molecular formula is C17H15FN2O3. The predicted octanol–water partition coefficient (Wildman–Crippen LogP) is 2.73. The second-order valence-electron chi connectivity index (χ2n) is 5.28. The fourth-order valence-electron chi connectivity index (χ4n) is 2.31. The monoisotopic (exact) mass is 314 g/mol. The van der Waals surface area contributed by atoms with Crippen LogP contribution in [0.25, 0.3) is 0 Å². The largest absolute Gasteiger partial charge is 0.479 e. The topological polar surface area (TPSA) is 67.4 Å². The summed E-state index contributed by atoms with van der Waals surface area (Å²) in [6.07, 6.45) is -0.481. The lowest BCUT2D eigenvalue weighted by Crippen LogP contribution is -2.34. The average Bonchev–Trinajstić information content (AvgIpc) is 2.51. The van der Waals surface area contributed by atoms with Crippen LogP contribution in [0.1, 0.15) is 12.5 Å². The molecule has 1 aliphatic rings. The zero-order chi connectivity index (χ0) is 16.4. The molecular weight excluding hydrogens is 299 g/mol. The Hall–Kier alpha value is -2.89. The molecule has 0 aromatic heterocycles. The summed E-state index contributed by atoms with van der Waals surface area (Å²) < 4.78 is 19.0. The summed E-state index contributed by atoms with van der Waals surface area (Å²) in [6.45, 7) is 1.66. The van der Waals surface area contributed by atoms with E-state index in [0.29, 0.717) is 17.0 Å². The molecule has 2 aromatic rings. The van der Waals surface area contributed by atoms with Crippen LogP contribution in [0.15, 0.2) is 42.5 Å². The van der Waals surface area contributed by atoms with Gasteiger partial charge in [-0.25, -0.2) is 4.39 Å². The van der Waals surface area contributed by atoms with Crippen LogP contribution < -0.4 is 15.4 Å². The van der Waals surface area contributed by atoms with Crippen LogP contribution in [0.2, 0.25) is 0 Å². The summed E-state index contributed by atoms with van der Waals surface area (Å²) in [5.41, 5.74) is 1.36. The van der Waals surface area contributed by atoms with E-state index in [2.05, 4.69) is 10.6 Å². The van der Waals surface area contributed by atoms with E-state index in [1.807, 2.05) is 0 Å². The van der Waals surface area contributed by atoms with Gasteiger partial charge in [-0.2, -0.15) is 0 Å². The van der Waals surface area contributed by atoms with Crippen LogP contribution in [0.3, 0.4) is 0 Å². The molecule has 3 rings (SSSR count). The molecule has 5 nitrogen and oxygen atoms in total. The number of para-hydroxylation sites is 1. The average molecular weight is 314 g/mol. The third-order valence-electron chi connectivity index (χ3n) is 3.49. The van der Waals surface area contributed by atoms with Crippen LogP contribution in [-0.4, -0.2) is 17.9 Å². The molecule has 2 aromatic carbocycles. The summed E-state index contributed by atoms with van der Waals surface area (Å²) in [7, 11) is 0. The van der Waals surface area contributed by atoms with Gasteiger partial charge in [0.1, 0.15) is 11.6 Å². The molecule has 6 heteroatoms. The molecule has 0 fully saturated rings. The number of halogens is 1. The molecule has 0 saturated heterocycles. The minimum Gasteiger partial charge on any atom is -0.479 e. The molecule has 2 N–H and O–H groups in total. The Morgan fingerprint density at radius 2 is 2.09 bits per heavy atom. The van der Waals surface area contributed by atoms with Gasteiger partial charge in [0.15, 0.2) is 6.10 Å². The predicted molar refractivity (Wildman–Crippen MR) is 83.9 cm³/mol. The number of hydrogen-bond donors (Lipinski definition) is 2. The van der Waals surface area contributed by atoms with Crippen molar-refractivity contribution in [1.82, 2.24) is 0 Å². The van der Waals surface area contributed by atoms with Gasteiger partial charge in [-0.1, -0.05) is 18.2 Å². The Morgan fingerprint density at radius 3 is 2.87 bits per heavy atom. The van der Waals surface area contributed by atoms with Crippen LogP contribution in [0.4, 0.5) is 15.8 Å². The van der Waals surface area contributed by atoms with E-state index in [1.165, 1.54) is 12.1 Å². The Balaban J connectivity index is 1.71. The van der Waals surface area contributed by atoms with Crippen molar-refractivity contribution in [3.05, 3.63) is 53.8 Å². The molecule has 23 heavy (non-hydrogen) atoms. The third kappa shape index (κ3) is 3.31. The second kappa shape index (κ2) is 6.08. The first-order valence-corrected chi connectivity index (χ1v) is 7.18. The van der Waals surface area contributed by atoms with Crippen LogP contribution >= 0.6 is 0 Å². The number of carbonyl (C=O) groups excluding carboxylic acids is 2. The van der Waals surface area contributed by atoms with Gasteiger partial charge in [0, 0.05) is 0 Å². The number of amides is 2. The molecule has 118 valence electrons. The Labute approximate surface area is 132 Å². The summed E-state index contributed by atoms with van der Waals surface area (Å²) in [6, 6.07) is 11.1. The number of rotatable bonds is 3. The van der Waals surface area contributed by atoms with E-state index in [1.54, 1.807) is 37.3 Å². The van der Waals surface area contributed by atoms with E-state index in [4.69, 9.17) is 4.74 Å². The number of hydrogen-bond acceptors (Lipinski definition) is 3. The highest BCUT2D eigenvalue weighted by atomic mass is 19.1. The Bertz CT molecular complexity index is 776. The smallest absolute Gasteiger partial charge is 0.265 e. The fourth-order valence-corrected chi connectivity index (χ4v) is 2.31. The van der Waals surface area contributed by atoms with Crippen molar-refractivity contribution in [3.63, 3.8) is 0 Å². The van der Waals surface area contributed by atoms with E-state index in [0.717, 1.165) is 0 Å². The summed E-state index contributed by atoms with van der Waals surface area (Å²) in [5.74, 6) is -0.492. The van der Waals surface area contributed by atoms with Gasteiger partial charge >= 0.3 is 0 Å². The van der Waals surface area contributed by atoms with Crippen molar-refractivity contribution in [2.45, 2.75) is 19.4 Å². The molecule has 1 atom stereocenters. The lowest BCUT2D eigenvalue weighted by molar-refractivity contribution is -0.122. The first-order chi connectivity index (χ1) is 11.0. The number of benzene rings is 2. The van der Waals surface area contributed by atoms with Gasteiger partial charge in [0.2, 0.25) is 5.91 Å². The highest BCUT2D eigenvalue weighted by Gasteiger charge is 2.23. The van der Waals surface area contributed by atoms with E-state index >= 15 is 0 Å². The van der Waals surface area contributed by atoms with Gasteiger partial charge in [0.25, 0.3) is 5.91 Å². The van der Waals surface area contributed by atoms with Gasteiger partial charge in [0.05, 0.1) is 17.8 Å². The van der Waals surface area contributed by atoms with Crippen molar-refractivity contribution in [1.29, 1.82) is 0 Å². The highest BCUT2D eigenvalue weighted by Crippen LogP contribution is 2.30. The number of carbonyl (C=O) groups is 2. The van der Waals surface area contributed by atoms with Crippen molar-refractivity contribution in [2.75, 3.05) is 10.6 Å². The molecule has 0 spiro atoms. The normalized spacial score (nSPS) is 16.1. The molecule has 2 amide bonds. The molecule has 1 unspecified atom stereocenters. The van der Waals surface area contributed by atoms with Crippen molar-refractivity contribution in [2.24, 2.45) is 0 Å². The first-order valence-electron chi connectivity index (χ1n) is 7.18. The SMILES string of the molecule is CC1Oc2ccc(CC(=O)Nc3ccccc3F)cc2NC1=O. The van der Waals surface area contributed by atoms with Gasteiger partial charge in [-0.3, -0.25) is 9.59 Å². The van der Waals surface area contributed by atoms with E-state index < -0.39 is 11.9 Å². The minimum atomic E-state index is -0.544. The van der Waals surface area contributed by atoms with Crippen molar-refractivity contribution in [3.8, 4) is 5.75 Å². The third-order valence-corrected chi connectivity index (χ3v) is 3.49. The maximum absolute atomic E-state index is 13.5. The fraction of sp³-hybridized carbons (Fsp3) is 0.176. The molecule has 1 heterocycles. The summed E-state index contributed by atoms with van der Waals surface area (Å²) >= 11 is 0. The lowest BCUT2D eigenvalue weighted by Gasteiger charge is -2.23. The summed E-state index contributed by atoms with van der Waals surface area (Å²) in [5, 5.41) is 5.25. The molecule has 0 bridgehead atoms. The lowest BCUT2D eigenvalue weighted by atomic mass is 10.1. The molecule has 0 saturated carbocycles. The number of nitrogens with one attached hydrogen (secondary N) is 2. The number of ether oxygens (including phenoxy) is 1. The van der Waals surface area contributed by atoms with Gasteiger partial charge in [-0.15, -0.1) is 0 Å². The van der Waals surface area contributed by atoms with Crippen LogP contribution in [-0.2, 0) is 16.0 Å². The highest BCUT2D eigenvalue weighted by molar-refractivity contribution is 5.98. The molecule has 0 aliphatic carbocycles. The standard InChI is InChI=1S/C17H15FN2O3/c1-10-17(22)20-14-8-11(6-7-15(14)23-10)9-16(21)19-13-5-3-2-4-12(13)18/h2-8,10H,9H2,1H3,(H,19,21)(H,20,22). The van der Waals surface area contributed by atoms with Gasteiger partial charge in [-0.05, 0) is 36.8 Å². The van der Waals surface area contributed by atoms with E-state index in [9.17, 15) is 14.0 Å². The minimum absolute atomic E-state index is 0.0625. The Morgan fingerprint density at radius 1 is 1.30 bits per heavy atom. The van der Waals surface area contributed by atoms with Crippen LogP contribution in [0.5, 0.6) is 5.75 Å². The van der Waals surface area contributed by atoms with Gasteiger partial charge < -0.3 is 15.4 Å². The zero-order valence-corrected chi connectivity index (χ0v) is 12.4. The molecule has 0 radical (unpaired) electrons. The van der Waals surface area contributed by atoms with Crippen molar-refractivity contribution < 1.29 is 18.7 Å². The second-order valence-corrected chi connectivity index (χ2v) is 5.28. The van der Waals surface area contributed by atoms with E-state index in [-0.39, 0.29) is 23.9 Å². The number of fused-ring (bicyclic) bond motifs is 1. The quantitative estimate of drug-likeness (QED) is 0.915. The van der Waals surface area contributed by atoms with Crippen LogP contribution in [0, 0.1) is 5.82 Å². The number of anilines is 2. The maximum Gasteiger partial charge on any atom is 0.265 e. The first kappa shape index (κ1) is 15.0.